The van der Waals surface area contributed by atoms with E-state index in [1.165, 1.54) is 12.1 Å². The maximum absolute atomic E-state index is 12.5. The highest BCUT2D eigenvalue weighted by molar-refractivity contribution is 5.88. The molecule has 1 aliphatic carbocycles. The van der Waals surface area contributed by atoms with Gasteiger partial charge < -0.3 is 4.74 Å². The summed E-state index contributed by atoms with van der Waals surface area (Å²) in [5.74, 6) is -0.0787. The molecule has 4 nitrogen and oxygen atoms in total. The predicted octanol–water partition coefficient (Wildman–Crippen LogP) is 2.99. The molecule has 0 spiro atoms. The summed E-state index contributed by atoms with van der Waals surface area (Å²) in [4.78, 5) is 11.5. The minimum absolute atomic E-state index is 0.0112. The van der Waals surface area contributed by atoms with E-state index in [-0.39, 0.29) is 12.4 Å². The van der Waals surface area contributed by atoms with Crippen LogP contribution in [0.3, 0.4) is 0 Å². The molecule has 0 atom stereocenters. The Morgan fingerprint density at radius 1 is 1.43 bits per heavy atom. The van der Waals surface area contributed by atoms with Crippen molar-refractivity contribution in [1.82, 2.24) is 5.43 Å². The van der Waals surface area contributed by atoms with Crippen LogP contribution < -0.4 is 10.2 Å². The van der Waals surface area contributed by atoms with Gasteiger partial charge in [0.05, 0.1) is 5.56 Å². The Bertz CT molecular complexity index is 551. The molecule has 0 bridgehead atoms. The molecule has 2 rings (SSSR count). The van der Waals surface area contributed by atoms with E-state index in [1.54, 1.807) is 0 Å². The number of hydrogen-bond donors (Lipinski definition) is 1. The van der Waals surface area contributed by atoms with Crippen molar-refractivity contribution in [2.45, 2.75) is 25.9 Å². The summed E-state index contributed by atoms with van der Waals surface area (Å²) in [5, 5.41) is 3.91. The normalized spacial score (nSPS) is 15.7. The number of hydrogen-bond acceptors (Lipinski definition) is 3. The third-order valence-electron chi connectivity index (χ3n) is 3.06. The van der Waals surface area contributed by atoms with Gasteiger partial charge in [-0.25, -0.2) is 5.43 Å². The third-order valence-corrected chi connectivity index (χ3v) is 3.06. The lowest BCUT2D eigenvalue weighted by atomic mass is 10.2. The molecule has 1 aromatic rings. The maximum atomic E-state index is 12.5. The first-order chi connectivity index (χ1) is 9.86. The number of rotatable bonds is 5. The Kier molecular flexibility index (Phi) is 4.50. The highest BCUT2D eigenvalue weighted by Gasteiger charge is 2.30. The van der Waals surface area contributed by atoms with Gasteiger partial charge in [-0.3, -0.25) is 4.79 Å². The lowest BCUT2D eigenvalue weighted by Crippen LogP contribution is -2.25. The number of halogens is 3. The van der Waals surface area contributed by atoms with Crippen molar-refractivity contribution in [3.63, 3.8) is 0 Å². The molecule has 1 fully saturated rings. The molecule has 0 aliphatic heterocycles. The number of carbonyl (C=O) groups excluding carboxylic acids is 1. The average molecular weight is 300 g/mol. The molecular weight excluding hydrogens is 285 g/mol. The standard InChI is InChI=1S/C14H15F3N2O2/c1-9(10-5-6-10)18-19-13(20)8-21-12-4-2-3-11(7-12)14(15,16)17/h2-4,7,10H,5-6,8H2,1H3,(H,19,20)/b18-9+. The van der Waals surface area contributed by atoms with Crippen molar-refractivity contribution >= 4 is 11.6 Å². The SMILES string of the molecule is C/C(=N\NC(=O)COc1cccc(C(F)(F)F)c1)C1CC1. The van der Waals surface area contributed by atoms with Crippen LogP contribution in [0, 0.1) is 5.92 Å². The van der Waals surface area contributed by atoms with E-state index in [0.29, 0.717) is 5.92 Å². The van der Waals surface area contributed by atoms with Crippen LogP contribution in [-0.4, -0.2) is 18.2 Å². The van der Waals surface area contributed by atoms with E-state index in [4.69, 9.17) is 4.74 Å². The second-order valence-corrected chi connectivity index (χ2v) is 4.88. The molecule has 0 radical (unpaired) electrons. The van der Waals surface area contributed by atoms with Gasteiger partial charge in [0.15, 0.2) is 6.61 Å². The van der Waals surface area contributed by atoms with Gasteiger partial charge in [0.1, 0.15) is 5.75 Å². The Hall–Kier alpha value is -2.05. The molecule has 0 heterocycles. The van der Waals surface area contributed by atoms with E-state index in [0.717, 1.165) is 30.7 Å². The van der Waals surface area contributed by atoms with Gasteiger partial charge in [-0.1, -0.05) is 6.07 Å². The fraction of sp³-hybridized carbons (Fsp3) is 0.429. The van der Waals surface area contributed by atoms with Crippen molar-refractivity contribution in [3.8, 4) is 5.75 Å². The third kappa shape index (κ3) is 4.77. The molecule has 21 heavy (non-hydrogen) atoms. The Balaban J connectivity index is 1.85. The smallest absolute Gasteiger partial charge is 0.416 e. The summed E-state index contributed by atoms with van der Waals surface area (Å²) < 4.78 is 42.5. The number of alkyl halides is 3. The number of carbonyl (C=O) groups is 1. The predicted molar refractivity (Wildman–Crippen MR) is 70.9 cm³/mol. The van der Waals surface area contributed by atoms with Gasteiger partial charge >= 0.3 is 6.18 Å². The molecule has 1 aromatic carbocycles. The zero-order valence-corrected chi connectivity index (χ0v) is 11.4. The lowest BCUT2D eigenvalue weighted by molar-refractivity contribution is -0.137. The molecule has 0 saturated heterocycles. The van der Waals surface area contributed by atoms with Crippen LogP contribution in [-0.2, 0) is 11.0 Å². The van der Waals surface area contributed by atoms with Crippen molar-refractivity contribution < 1.29 is 22.7 Å². The number of amides is 1. The van der Waals surface area contributed by atoms with E-state index >= 15 is 0 Å². The molecule has 1 amide bonds. The second kappa shape index (κ2) is 6.15. The van der Waals surface area contributed by atoms with Crippen LogP contribution in [0.15, 0.2) is 29.4 Å². The number of ether oxygens (including phenoxy) is 1. The molecule has 0 unspecified atom stereocenters. The molecule has 1 aliphatic rings. The quantitative estimate of drug-likeness (QED) is 0.671. The number of benzene rings is 1. The summed E-state index contributed by atoms with van der Waals surface area (Å²) in [6.45, 7) is 1.44. The van der Waals surface area contributed by atoms with Crippen LogP contribution in [0.4, 0.5) is 13.2 Å². The molecule has 0 aromatic heterocycles. The molecular formula is C14H15F3N2O2. The molecule has 1 N–H and O–H groups in total. The van der Waals surface area contributed by atoms with Gasteiger partial charge in [-0.15, -0.1) is 0 Å². The number of nitrogens with zero attached hydrogens (tertiary/aromatic N) is 1. The highest BCUT2D eigenvalue weighted by Crippen LogP contribution is 2.31. The summed E-state index contributed by atoms with van der Waals surface area (Å²) in [6, 6.07) is 4.38. The van der Waals surface area contributed by atoms with Crippen LogP contribution in [0.25, 0.3) is 0 Å². The fourth-order valence-corrected chi connectivity index (χ4v) is 1.69. The molecule has 114 valence electrons. The largest absolute Gasteiger partial charge is 0.484 e. The maximum Gasteiger partial charge on any atom is 0.416 e. The average Bonchev–Trinajstić information content (AvgIpc) is 3.26. The van der Waals surface area contributed by atoms with E-state index in [9.17, 15) is 18.0 Å². The van der Waals surface area contributed by atoms with Gasteiger partial charge in [0.2, 0.25) is 0 Å². The van der Waals surface area contributed by atoms with Gasteiger partial charge in [-0.05, 0) is 43.9 Å². The first kappa shape index (κ1) is 15.3. The summed E-state index contributed by atoms with van der Waals surface area (Å²) in [6.07, 6.45) is -2.29. The summed E-state index contributed by atoms with van der Waals surface area (Å²) in [7, 11) is 0. The van der Waals surface area contributed by atoms with E-state index < -0.39 is 17.6 Å². The summed E-state index contributed by atoms with van der Waals surface area (Å²) >= 11 is 0. The minimum Gasteiger partial charge on any atom is -0.484 e. The van der Waals surface area contributed by atoms with Crippen molar-refractivity contribution in [1.29, 1.82) is 0 Å². The molecule has 1 saturated carbocycles. The minimum atomic E-state index is -4.44. The number of nitrogens with one attached hydrogen (secondary N) is 1. The molecule has 7 heteroatoms. The van der Waals surface area contributed by atoms with Crippen molar-refractivity contribution in [3.05, 3.63) is 29.8 Å². The van der Waals surface area contributed by atoms with E-state index in [1.807, 2.05) is 6.92 Å². The van der Waals surface area contributed by atoms with Crippen LogP contribution in [0.5, 0.6) is 5.75 Å². The van der Waals surface area contributed by atoms with Gasteiger partial charge in [0.25, 0.3) is 5.91 Å². The number of hydrazone groups is 1. The summed E-state index contributed by atoms with van der Waals surface area (Å²) in [5.41, 5.74) is 2.35. The first-order valence-corrected chi connectivity index (χ1v) is 6.49. The Labute approximate surface area is 120 Å². The van der Waals surface area contributed by atoms with Gasteiger partial charge in [-0.2, -0.15) is 18.3 Å². The first-order valence-electron chi connectivity index (χ1n) is 6.49. The van der Waals surface area contributed by atoms with Crippen LogP contribution in [0.1, 0.15) is 25.3 Å². The topological polar surface area (TPSA) is 50.7 Å². The van der Waals surface area contributed by atoms with E-state index in [2.05, 4.69) is 10.5 Å². The zero-order chi connectivity index (χ0) is 15.5. The monoisotopic (exact) mass is 300 g/mol. The Morgan fingerprint density at radius 2 is 2.14 bits per heavy atom. The van der Waals surface area contributed by atoms with Crippen LogP contribution >= 0.6 is 0 Å². The van der Waals surface area contributed by atoms with Crippen molar-refractivity contribution in [2.75, 3.05) is 6.61 Å². The second-order valence-electron chi connectivity index (χ2n) is 4.88. The van der Waals surface area contributed by atoms with Crippen molar-refractivity contribution in [2.24, 2.45) is 11.0 Å². The van der Waals surface area contributed by atoms with Crippen LogP contribution in [0.2, 0.25) is 0 Å². The zero-order valence-electron chi connectivity index (χ0n) is 11.4. The van der Waals surface area contributed by atoms with Gasteiger partial charge in [0, 0.05) is 5.71 Å². The fourth-order valence-electron chi connectivity index (χ4n) is 1.69. The Morgan fingerprint density at radius 3 is 2.76 bits per heavy atom. The lowest BCUT2D eigenvalue weighted by Gasteiger charge is -2.09. The highest BCUT2D eigenvalue weighted by atomic mass is 19.4.